The highest BCUT2D eigenvalue weighted by Crippen LogP contribution is 2.54. The fourth-order valence-corrected chi connectivity index (χ4v) is 9.95. The molecule has 0 heterocycles. The van der Waals surface area contributed by atoms with Crippen molar-refractivity contribution < 1.29 is 0 Å². The van der Waals surface area contributed by atoms with Crippen LogP contribution in [-0.4, -0.2) is 0 Å². The number of anilines is 3. The number of rotatable bonds is 5. The number of hydrogen-bond donors (Lipinski definition) is 0. The summed E-state index contributed by atoms with van der Waals surface area (Å²) in [6, 6.07) is 66.2. The molecule has 1 heteroatoms. The molecule has 0 N–H and O–H groups in total. The van der Waals surface area contributed by atoms with Gasteiger partial charge in [0.2, 0.25) is 0 Å². The second-order valence-corrected chi connectivity index (χ2v) is 16.3. The zero-order valence-electron chi connectivity index (χ0n) is 32.0. The van der Waals surface area contributed by atoms with Crippen molar-refractivity contribution >= 4 is 49.4 Å². The highest BCUT2D eigenvalue weighted by Gasteiger charge is 2.37. The summed E-state index contributed by atoms with van der Waals surface area (Å²) in [4.78, 5) is 2.50. The number of nitrogens with zero attached hydrogens (tertiary/aromatic N) is 1. The first-order valence-corrected chi connectivity index (χ1v) is 20.2. The predicted octanol–water partition coefficient (Wildman–Crippen LogP) is 15.1. The molecule has 0 bridgehead atoms. The molecule has 0 spiro atoms. The van der Waals surface area contributed by atoms with Crippen molar-refractivity contribution in [2.24, 2.45) is 0 Å². The summed E-state index contributed by atoms with van der Waals surface area (Å²) in [6.45, 7) is 4.77. The Morgan fingerprint density at radius 3 is 1.70 bits per heavy atom. The third kappa shape index (κ3) is 5.15. The fourth-order valence-electron chi connectivity index (χ4n) is 9.95. The second-order valence-electron chi connectivity index (χ2n) is 16.3. The molecule has 0 unspecified atom stereocenters. The van der Waals surface area contributed by atoms with Gasteiger partial charge in [-0.2, -0.15) is 0 Å². The topological polar surface area (TPSA) is 3.24 Å². The van der Waals surface area contributed by atoms with Gasteiger partial charge in [-0.15, -0.1) is 0 Å². The predicted molar refractivity (Wildman–Crippen MR) is 239 cm³/mol. The summed E-state index contributed by atoms with van der Waals surface area (Å²) in [5.41, 5.74) is 16.8. The van der Waals surface area contributed by atoms with E-state index in [0.29, 0.717) is 0 Å². The zero-order chi connectivity index (χ0) is 37.4. The summed E-state index contributed by atoms with van der Waals surface area (Å²) < 4.78 is 0. The van der Waals surface area contributed by atoms with Gasteiger partial charge in [0, 0.05) is 22.4 Å². The summed E-state index contributed by atoms with van der Waals surface area (Å²) in [5.74, 6) is 0. The van der Waals surface area contributed by atoms with Crippen LogP contribution < -0.4 is 4.90 Å². The third-order valence-electron chi connectivity index (χ3n) is 12.8. The first kappa shape index (κ1) is 32.9. The minimum absolute atomic E-state index is 0.142. The Labute approximate surface area is 329 Å². The molecule has 0 amide bonds. The normalized spacial score (nSPS) is 14.1. The van der Waals surface area contributed by atoms with Crippen molar-refractivity contribution in [1.29, 1.82) is 0 Å². The Morgan fingerprint density at radius 1 is 0.375 bits per heavy atom. The van der Waals surface area contributed by atoms with Crippen molar-refractivity contribution in [2.45, 2.75) is 44.9 Å². The number of para-hydroxylation sites is 1. The van der Waals surface area contributed by atoms with Crippen molar-refractivity contribution in [2.75, 3.05) is 4.90 Å². The molecule has 11 rings (SSSR count). The van der Waals surface area contributed by atoms with Gasteiger partial charge in [-0.05, 0) is 144 Å². The van der Waals surface area contributed by atoms with Gasteiger partial charge in [0.25, 0.3) is 0 Å². The molecule has 0 aliphatic heterocycles. The quantitative estimate of drug-likeness (QED) is 0.160. The summed E-state index contributed by atoms with van der Waals surface area (Å²) in [7, 11) is 0. The zero-order valence-corrected chi connectivity index (χ0v) is 32.0. The Morgan fingerprint density at radius 2 is 0.964 bits per heavy atom. The molecule has 268 valence electrons. The SMILES string of the molecule is CC1(C)c2ccccc2-c2cc(-c3ccc(-c4ccc5c(c4)CCCC5)cc3)c(N(c3ccccc3)c3ccc4c5ccccc5c5ccccc5c4c3)cc21. The molecule has 0 saturated heterocycles. The van der Waals surface area contributed by atoms with Crippen LogP contribution in [0.4, 0.5) is 17.1 Å². The van der Waals surface area contributed by atoms with Crippen molar-refractivity contribution in [1.82, 2.24) is 0 Å². The monoisotopic (exact) mass is 717 g/mol. The van der Waals surface area contributed by atoms with E-state index < -0.39 is 0 Å². The van der Waals surface area contributed by atoms with Crippen LogP contribution in [0.5, 0.6) is 0 Å². The number of aryl methyl sites for hydroxylation is 2. The average molecular weight is 718 g/mol. The third-order valence-corrected chi connectivity index (χ3v) is 12.8. The van der Waals surface area contributed by atoms with Gasteiger partial charge in [-0.25, -0.2) is 0 Å². The minimum Gasteiger partial charge on any atom is -0.310 e. The van der Waals surface area contributed by atoms with E-state index >= 15 is 0 Å². The van der Waals surface area contributed by atoms with E-state index in [2.05, 4.69) is 195 Å². The van der Waals surface area contributed by atoms with E-state index in [1.165, 1.54) is 119 Å². The molecule has 2 aliphatic rings. The van der Waals surface area contributed by atoms with Gasteiger partial charge >= 0.3 is 0 Å². The van der Waals surface area contributed by atoms with E-state index in [1.54, 1.807) is 0 Å². The van der Waals surface area contributed by atoms with E-state index in [-0.39, 0.29) is 5.41 Å². The molecule has 0 fully saturated rings. The lowest BCUT2D eigenvalue weighted by molar-refractivity contribution is 0.660. The Bertz CT molecular complexity index is 2950. The molecular weight excluding hydrogens is 675 g/mol. The first-order valence-electron chi connectivity index (χ1n) is 20.2. The van der Waals surface area contributed by atoms with Crippen LogP contribution >= 0.6 is 0 Å². The second kappa shape index (κ2) is 12.8. The Kier molecular flexibility index (Phi) is 7.54. The van der Waals surface area contributed by atoms with Crippen LogP contribution in [-0.2, 0) is 18.3 Å². The Balaban J connectivity index is 1.15. The highest BCUT2D eigenvalue weighted by atomic mass is 15.1. The summed E-state index contributed by atoms with van der Waals surface area (Å²) in [6.07, 6.45) is 4.99. The van der Waals surface area contributed by atoms with E-state index in [0.717, 1.165) is 11.4 Å². The van der Waals surface area contributed by atoms with Crippen LogP contribution in [0.2, 0.25) is 0 Å². The lowest BCUT2D eigenvalue weighted by Gasteiger charge is -2.31. The molecule has 0 saturated carbocycles. The van der Waals surface area contributed by atoms with Gasteiger partial charge in [0.15, 0.2) is 0 Å². The van der Waals surface area contributed by atoms with E-state index in [9.17, 15) is 0 Å². The lowest BCUT2D eigenvalue weighted by atomic mass is 9.81. The smallest absolute Gasteiger partial charge is 0.0543 e. The molecule has 2 aliphatic carbocycles. The maximum absolute atomic E-state index is 2.50. The van der Waals surface area contributed by atoms with Crippen LogP contribution in [0, 0.1) is 0 Å². The van der Waals surface area contributed by atoms with Crippen molar-refractivity contribution in [3.8, 4) is 33.4 Å². The van der Waals surface area contributed by atoms with Crippen molar-refractivity contribution in [3.63, 3.8) is 0 Å². The fraction of sp³-hybridized carbons (Fsp3) is 0.127. The van der Waals surface area contributed by atoms with Crippen molar-refractivity contribution in [3.05, 3.63) is 198 Å². The molecule has 0 radical (unpaired) electrons. The molecule has 1 nitrogen and oxygen atoms in total. The van der Waals surface area contributed by atoms with Crippen LogP contribution in [0.25, 0.3) is 65.7 Å². The molecular formula is C55H43N. The van der Waals surface area contributed by atoms with Gasteiger partial charge < -0.3 is 4.90 Å². The van der Waals surface area contributed by atoms with Gasteiger partial charge in [-0.1, -0.05) is 153 Å². The highest BCUT2D eigenvalue weighted by molar-refractivity contribution is 6.25. The molecule has 0 atom stereocenters. The standard InChI is InChI=1S/C55H43N/c1-55(2)52-23-13-12-22-48(52)51-34-49(38-27-24-37(25-28-38)40-29-26-36-14-6-7-15-39(36)32-40)54(35-53(51)55)56(41-16-4-3-5-17-41)42-30-31-47-45-20-9-8-18-43(45)44-19-10-11-21-46(44)50(47)33-42/h3-5,8-13,16-35H,6-7,14-15H2,1-2H3. The molecule has 56 heavy (non-hydrogen) atoms. The van der Waals surface area contributed by atoms with Gasteiger partial charge in [0.1, 0.15) is 0 Å². The Hall–Kier alpha value is -6.44. The molecule has 0 aromatic heterocycles. The van der Waals surface area contributed by atoms with Crippen LogP contribution in [0.1, 0.15) is 48.9 Å². The molecule has 9 aromatic carbocycles. The number of hydrogen-bond acceptors (Lipinski definition) is 1. The number of fused-ring (bicyclic) bond motifs is 10. The average Bonchev–Trinajstić information content (AvgIpc) is 3.48. The lowest BCUT2D eigenvalue weighted by Crippen LogP contribution is -2.17. The van der Waals surface area contributed by atoms with E-state index in [1.807, 2.05) is 0 Å². The first-order chi connectivity index (χ1) is 27.5. The summed E-state index contributed by atoms with van der Waals surface area (Å²) >= 11 is 0. The maximum Gasteiger partial charge on any atom is 0.0543 e. The minimum atomic E-state index is -0.142. The van der Waals surface area contributed by atoms with Crippen LogP contribution in [0.3, 0.4) is 0 Å². The van der Waals surface area contributed by atoms with Gasteiger partial charge in [-0.3, -0.25) is 0 Å². The molecule has 9 aromatic rings. The maximum atomic E-state index is 2.50. The van der Waals surface area contributed by atoms with Crippen LogP contribution in [0.15, 0.2) is 176 Å². The van der Waals surface area contributed by atoms with Gasteiger partial charge in [0.05, 0.1) is 5.69 Å². The largest absolute Gasteiger partial charge is 0.310 e. The van der Waals surface area contributed by atoms with E-state index in [4.69, 9.17) is 0 Å². The summed E-state index contributed by atoms with van der Waals surface area (Å²) in [5, 5.41) is 7.69. The number of benzene rings is 9.